The van der Waals surface area contributed by atoms with E-state index in [9.17, 15) is 5.11 Å². The van der Waals surface area contributed by atoms with Crippen LogP contribution in [0.2, 0.25) is 0 Å². The summed E-state index contributed by atoms with van der Waals surface area (Å²) in [5.74, 6) is 2.45. The minimum atomic E-state index is -0.262. The van der Waals surface area contributed by atoms with Crippen molar-refractivity contribution < 1.29 is 19.3 Å². The standard InChI is InChI=1S/C24H21BrN2O4/c1-29-21-9-7-15(25)11-17(21)24-26-18(14-6-8-22-23(10-14)31-13-30-22)12-19(27-24)16-4-2-3-5-20(16)28/h2-12,19,24,26-28H,13H2,1H3. The monoisotopic (exact) mass is 480 g/mol. The lowest BCUT2D eigenvalue weighted by molar-refractivity contribution is 0.174. The van der Waals surface area contributed by atoms with Crippen molar-refractivity contribution >= 4 is 21.6 Å². The van der Waals surface area contributed by atoms with Gasteiger partial charge in [0, 0.05) is 26.9 Å². The molecular weight excluding hydrogens is 460 g/mol. The average molecular weight is 481 g/mol. The molecule has 0 aliphatic carbocycles. The molecule has 0 bridgehead atoms. The Balaban J connectivity index is 1.59. The van der Waals surface area contributed by atoms with Crippen molar-refractivity contribution in [2.75, 3.05) is 13.9 Å². The highest BCUT2D eigenvalue weighted by atomic mass is 79.9. The molecule has 3 N–H and O–H groups in total. The summed E-state index contributed by atoms with van der Waals surface area (Å²) in [5, 5.41) is 17.6. The first-order valence-electron chi connectivity index (χ1n) is 9.88. The fourth-order valence-electron chi connectivity index (χ4n) is 3.91. The van der Waals surface area contributed by atoms with E-state index in [2.05, 4.69) is 32.6 Å². The molecule has 0 saturated heterocycles. The van der Waals surface area contributed by atoms with E-state index in [1.807, 2.05) is 54.6 Å². The van der Waals surface area contributed by atoms with Crippen LogP contribution in [0, 0.1) is 0 Å². The van der Waals surface area contributed by atoms with E-state index < -0.39 is 0 Å². The van der Waals surface area contributed by atoms with Crippen LogP contribution in [0.25, 0.3) is 5.70 Å². The predicted octanol–water partition coefficient (Wildman–Crippen LogP) is 4.87. The molecule has 2 aliphatic heterocycles. The number of halogens is 1. The van der Waals surface area contributed by atoms with E-state index in [0.29, 0.717) is 0 Å². The minimum Gasteiger partial charge on any atom is -0.508 e. The average Bonchev–Trinajstić information content (AvgIpc) is 3.27. The highest BCUT2D eigenvalue weighted by Gasteiger charge is 2.28. The van der Waals surface area contributed by atoms with Gasteiger partial charge in [0.05, 0.1) is 13.2 Å². The molecule has 7 heteroatoms. The number of fused-ring (bicyclic) bond motifs is 1. The van der Waals surface area contributed by atoms with Gasteiger partial charge in [0.15, 0.2) is 11.5 Å². The number of aromatic hydroxyl groups is 1. The zero-order chi connectivity index (χ0) is 21.4. The van der Waals surface area contributed by atoms with Crippen molar-refractivity contribution in [2.24, 2.45) is 0 Å². The number of nitrogens with one attached hydrogen (secondary N) is 2. The summed E-state index contributed by atoms with van der Waals surface area (Å²) in [6.45, 7) is 0.227. The van der Waals surface area contributed by atoms with Crippen LogP contribution in [0.15, 0.2) is 71.2 Å². The largest absolute Gasteiger partial charge is 0.508 e. The second-order valence-corrected chi connectivity index (χ2v) is 8.23. The van der Waals surface area contributed by atoms with E-state index in [-0.39, 0.29) is 24.8 Å². The van der Waals surface area contributed by atoms with Gasteiger partial charge in [-0.2, -0.15) is 0 Å². The quantitative estimate of drug-likeness (QED) is 0.494. The molecule has 0 aromatic heterocycles. The SMILES string of the molecule is COc1ccc(Br)cc1C1NC(c2ccc3c(c2)OCO3)=CC(c2ccccc2O)N1. The topological polar surface area (TPSA) is 72.0 Å². The molecule has 158 valence electrons. The first-order valence-corrected chi connectivity index (χ1v) is 10.7. The second kappa shape index (κ2) is 8.17. The van der Waals surface area contributed by atoms with Crippen molar-refractivity contribution in [3.8, 4) is 23.0 Å². The Bertz CT molecular complexity index is 1160. The van der Waals surface area contributed by atoms with Crippen molar-refractivity contribution in [1.29, 1.82) is 0 Å². The molecule has 0 saturated carbocycles. The van der Waals surface area contributed by atoms with Crippen molar-refractivity contribution in [3.05, 3.63) is 87.9 Å². The summed E-state index contributed by atoms with van der Waals surface area (Å²) >= 11 is 3.56. The molecular formula is C24H21BrN2O4. The third kappa shape index (κ3) is 3.82. The number of phenols is 1. The summed E-state index contributed by atoms with van der Waals surface area (Å²) in [4.78, 5) is 0. The van der Waals surface area contributed by atoms with Gasteiger partial charge >= 0.3 is 0 Å². The maximum absolute atomic E-state index is 10.5. The molecule has 0 spiro atoms. The van der Waals surface area contributed by atoms with E-state index in [4.69, 9.17) is 14.2 Å². The van der Waals surface area contributed by atoms with E-state index in [0.717, 1.165) is 44.1 Å². The molecule has 2 heterocycles. The first-order chi connectivity index (χ1) is 15.1. The molecule has 5 rings (SSSR count). The predicted molar refractivity (Wildman–Crippen MR) is 121 cm³/mol. The second-order valence-electron chi connectivity index (χ2n) is 7.32. The number of methoxy groups -OCH3 is 1. The summed E-state index contributed by atoms with van der Waals surface area (Å²) in [5.41, 5.74) is 3.62. The minimum absolute atomic E-state index is 0.225. The first kappa shape index (κ1) is 19.8. The van der Waals surface area contributed by atoms with Gasteiger partial charge in [-0.3, -0.25) is 5.32 Å². The molecule has 0 radical (unpaired) electrons. The molecule has 6 nitrogen and oxygen atoms in total. The molecule has 3 aromatic carbocycles. The zero-order valence-electron chi connectivity index (χ0n) is 16.8. The number of ether oxygens (including phenoxy) is 3. The van der Waals surface area contributed by atoms with Gasteiger partial charge < -0.3 is 24.6 Å². The number of benzene rings is 3. The maximum Gasteiger partial charge on any atom is 0.231 e. The van der Waals surface area contributed by atoms with Crippen molar-refractivity contribution in [2.45, 2.75) is 12.2 Å². The van der Waals surface area contributed by atoms with Gasteiger partial charge in [0.1, 0.15) is 17.7 Å². The third-order valence-electron chi connectivity index (χ3n) is 5.44. The Morgan fingerprint density at radius 2 is 1.84 bits per heavy atom. The number of hydrogen-bond donors (Lipinski definition) is 3. The zero-order valence-corrected chi connectivity index (χ0v) is 18.3. The molecule has 2 unspecified atom stereocenters. The third-order valence-corrected chi connectivity index (χ3v) is 5.93. The highest BCUT2D eigenvalue weighted by Crippen LogP contribution is 2.39. The van der Waals surface area contributed by atoms with E-state index >= 15 is 0 Å². The molecule has 2 atom stereocenters. The van der Waals surface area contributed by atoms with Gasteiger partial charge in [-0.25, -0.2) is 0 Å². The van der Waals surface area contributed by atoms with E-state index in [1.165, 1.54) is 0 Å². The Hall–Kier alpha value is -3.16. The summed E-state index contributed by atoms with van der Waals surface area (Å²) in [7, 11) is 1.66. The summed E-state index contributed by atoms with van der Waals surface area (Å²) in [6.07, 6.45) is 1.80. The number of rotatable bonds is 4. The van der Waals surface area contributed by atoms with Crippen LogP contribution in [-0.2, 0) is 0 Å². The number of para-hydroxylation sites is 1. The maximum atomic E-state index is 10.5. The smallest absolute Gasteiger partial charge is 0.231 e. The normalized spacial score (nSPS) is 19.5. The van der Waals surface area contributed by atoms with Crippen LogP contribution in [0.5, 0.6) is 23.0 Å². The van der Waals surface area contributed by atoms with Crippen LogP contribution in [0.3, 0.4) is 0 Å². The van der Waals surface area contributed by atoms with Crippen molar-refractivity contribution in [1.82, 2.24) is 10.6 Å². The van der Waals surface area contributed by atoms with Gasteiger partial charge in [0.2, 0.25) is 6.79 Å². The van der Waals surface area contributed by atoms with Crippen LogP contribution in [0.1, 0.15) is 28.9 Å². The van der Waals surface area contributed by atoms with E-state index in [1.54, 1.807) is 13.2 Å². The number of hydrogen-bond acceptors (Lipinski definition) is 6. The Labute approximate surface area is 188 Å². The lowest BCUT2D eigenvalue weighted by Crippen LogP contribution is -2.39. The Morgan fingerprint density at radius 1 is 1.00 bits per heavy atom. The van der Waals surface area contributed by atoms with Crippen LogP contribution >= 0.6 is 15.9 Å². The molecule has 2 aliphatic rings. The van der Waals surface area contributed by atoms with Gasteiger partial charge in [-0.05, 0) is 48.5 Å². The summed E-state index contributed by atoms with van der Waals surface area (Å²) < 4.78 is 17.6. The van der Waals surface area contributed by atoms with Gasteiger partial charge in [-0.1, -0.05) is 34.1 Å². The highest BCUT2D eigenvalue weighted by molar-refractivity contribution is 9.10. The fourth-order valence-corrected chi connectivity index (χ4v) is 4.29. The van der Waals surface area contributed by atoms with Crippen LogP contribution in [-0.4, -0.2) is 19.0 Å². The lowest BCUT2D eigenvalue weighted by Gasteiger charge is -2.34. The lowest BCUT2D eigenvalue weighted by atomic mass is 9.97. The van der Waals surface area contributed by atoms with Crippen LogP contribution in [0.4, 0.5) is 0 Å². The molecule has 0 amide bonds. The summed E-state index contributed by atoms with van der Waals surface area (Å²) in [6, 6.07) is 18.9. The molecule has 0 fully saturated rings. The Morgan fingerprint density at radius 3 is 2.68 bits per heavy atom. The van der Waals surface area contributed by atoms with Crippen LogP contribution < -0.4 is 24.8 Å². The number of phenolic OH excluding ortho intramolecular Hbond substituents is 1. The Kier molecular flexibility index (Phi) is 5.21. The molecule has 3 aromatic rings. The molecule has 31 heavy (non-hydrogen) atoms. The fraction of sp³-hybridized carbons (Fsp3) is 0.167. The van der Waals surface area contributed by atoms with Gasteiger partial charge in [-0.15, -0.1) is 0 Å². The van der Waals surface area contributed by atoms with Gasteiger partial charge in [0.25, 0.3) is 0 Å². The van der Waals surface area contributed by atoms with Crippen molar-refractivity contribution in [3.63, 3.8) is 0 Å².